The molecule has 0 radical (unpaired) electrons. The highest BCUT2D eigenvalue weighted by Gasteiger charge is 2.11. The fourth-order valence-electron chi connectivity index (χ4n) is 2.65. The Bertz CT molecular complexity index is 1210. The van der Waals surface area contributed by atoms with Crippen molar-refractivity contribution >= 4 is 51.1 Å². The van der Waals surface area contributed by atoms with Gasteiger partial charge in [-0.15, -0.1) is 6.42 Å². The summed E-state index contributed by atoms with van der Waals surface area (Å²) in [5, 5.41) is 0.548. The van der Waals surface area contributed by atoms with Crippen molar-refractivity contribution < 1.29 is 14.3 Å². The third-order valence-electron chi connectivity index (χ3n) is 3.96. The van der Waals surface area contributed by atoms with Crippen LogP contribution in [0.15, 0.2) is 53.5 Å². The van der Waals surface area contributed by atoms with Gasteiger partial charge in [-0.3, -0.25) is 4.79 Å². The Morgan fingerprint density at radius 1 is 1.31 bits per heavy atom. The largest absolute Gasteiger partial charge is 0.462 e. The standard InChI is InChI=1S/C22H17ClN2O3S/c1-3-13-25-18-11-9-16(21(27)28-4-2)14-19(18)29-22(25)24-20(26)12-10-15-7-5-6-8-17(15)23/h1,5-12,14H,4,13H2,2H3/b12-10+,24-22?. The van der Waals surface area contributed by atoms with E-state index in [2.05, 4.69) is 10.9 Å². The normalized spacial score (nSPS) is 11.7. The molecule has 0 saturated carbocycles. The van der Waals surface area contributed by atoms with Gasteiger partial charge in [-0.2, -0.15) is 4.99 Å². The first kappa shape index (κ1) is 20.6. The van der Waals surface area contributed by atoms with Crippen molar-refractivity contribution in [2.75, 3.05) is 6.61 Å². The number of carbonyl (C=O) groups excluding carboxylic acids is 2. The Kier molecular flexibility index (Phi) is 6.65. The van der Waals surface area contributed by atoms with E-state index in [0.29, 0.717) is 22.0 Å². The fraction of sp³-hybridized carbons (Fsp3) is 0.136. The van der Waals surface area contributed by atoms with Crippen LogP contribution in [0.2, 0.25) is 5.02 Å². The molecule has 0 aliphatic rings. The molecule has 3 aromatic rings. The smallest absolute Gasteiger partial charge is 0.338 e. The minimum atomic E-state index is -0.437. The van der Waals surface area contributed by atoms with Crippen LogP contribution in [-0.2, 0) is 16.1 Å². The third-order valence-corrected chi connectivity index (χ3v) is 5.35. The highest BCUT2D eigenvalue weighted by Crippen LogP contribution is 2.20. The van der Waals surface area contributed by atoms with Crippen molar-refractivity contribution in [1.29, 1.82) is 0 Å². The number of nitrogens with zero attached hydrogens (tertiary/aromatic N) is 2. The van der Waals surface area contributed by atoms with E-state index in [4.69, 9.17) is 22.8 Å². The Labute approximate surface area is 176 Å². The topological polar surface area (TPSA) is 60.7 Å². The lowest BCUT2D eigenvalue weighted by Crippen LogP contribution is -2.15. The zero-order valence-corrected chi connectivity index (χ0v) is 17.2. The second-order valence-electron chi connectivity index (χ2n) is 5.88. The number of hydrogen-bond acceptors (Lipinski definition) is 4. The molecule has 2 aromatic carbocycles. The maximum Gasteiger partial charge on any atom is 0.338 e. The van der Waals surface area contributed by atoms with E-state index in [1.54, 1.807) is 47.9 Å². The molecule has 0 unspecified atom stereocenters. The fourth-order valence-corrected chi connectivity index (χ4v) is 3.92. The van der Waals surface area contributed by atoms with Crippen LogP contribution >= 0.6 is 22.9 Å². The Morgan fingerprint density at radius 3 is 2.83 bits per heavy atom. The van der Waals surface area contributed by atoms with Gasteiger partial charge in [0.2, 0.25) is 0 Å². The van der Waals surface area contributed by atoms with Crippen LogP contribution in [0.25, 0.3) is 16.3 Å². The highest BCUT2D eigenvalue weighted by atomic mass is 35.5. The maximum atomic E-state index is 12.4. The van der Waals surface area contributed by atoms with E-state index in [9.17, 15) is 9.59 Å². The number of esters is 1. The predicted molar refractivity (Wildman–Crippen MR) is 116 cm³/mol. The zero-order chi connectivity index (χ0) is 20.8. The number of aromatic nitrogens is 1. The van der Waals surface area contributed by atoms with Crippen LogP contribution in [0.3, 0.4) is 0 Å². The average Bonchev–Trinajstić information content (AvgIpc) is 3.04. The van der Waals surface area contributed by atoms with E-state index in [0.717, 1.165) is 15.8 Å². The monoisotopic (exact) mass is 424 g/mol. The summed E-state index contributed by atoms with van der Waals surface area (Å²) < 4.78 is 7.58. The van der Waals surface area contributed by atoms with Gasteiger partial charge in [-0.05, 0) is 42.8 Å². The summed E-state index contributed by atoms with van der Waals surface area (Å²) in [5.74, 6) is 1.73. The molecule has 0 fully saturated rings. The van der Waals surface area contributed by atoms with Crippen LogP contribution < -0.4 is 4.80 Å². The summed E-state index contributed by atoms with van der Waals surface area (Å²) in [6, 6.07) is 12.4. The molecule has 3 rings (SSSR count). The molecule has 146 valence electrons. The van der Waals surface area contributed by atoms with Gasteiger partial charge < -0.3 is 9.30 Å². The Balaban J connectivity index is 1.99. The van der Waals surface area contributed by atoms with E-state index < -0.39 is 11.9 Å². The second-order valence-corrected chi connectivity index (χ2v) is 7.30. The van der Waals surface area contributed by atoms with Crippen LogP contribution in [0.5, 0.6) is 0 Å². The molecule has 0 atom stereocenters. The van der Waals surface area contributed by atoms with Crippen LogP contribution in [0.4, 0.5) is 0 Å². The summed E-state index contributed by atoms with van der Waals surface area (Å²) in [6.07, 6.45) is 8.46. The van der Waals surface area contributed by atoms with E-state index in [1.165, 1.54) is 17.4 Å². The van der Waals surface area contributed by atoms with Gasteiger partial charge >= 0.3 is 5.97 Å². The van der Waals surface area contributed by atoms with Crippen molar-refractivity contribution in [2.45, 2.75) is 13.5 Å². The molecule has 29 heavy (non-hydrogen) atoms. The quantitative estimate of drug-likeness (QED) is 0.348. The van der Waals surface area contributed by atoms with E-state index >= 15 is 0 Å². The molecule has 7 heteroatoms. The SMILES string of the molecule is C#CCn1c(=NC(=O)/C=C/c2ccccc2Cl)sc2cc(C(=O)OCC)ccc21. The van der Waals surface area contributed by atoms with Crippen molar-refractivity contribution in [3.8, 4) is 12.3 Å². The minimum absolute atomic E-state index is 0.249. The lowest BCUT2D eigenvalue weighted by molar-refractivity contribution is -0.113. The summed E-state index contributed by atoms with van der Waals surface area (Å²) in [4.78, 5) is 29.0. The van der Waals surface area contributed by atoms with Gasteiger partial charge in [-0.1, -0.05) is 47.1 Å². The number of carbonyl (C=O) groups is 2. The first-order chi connectivity index (χ1) is 14.0. The predicted octanol–water partition coefficient (Wildman–Crippen LogP) is 4.31. The second kappa shape index (κ2) is 9.37. The summed E-state index contributed by atoms with van der Waals surface area (Å²) in [7, 11) is 0. The van der Waals surface area contributed by atoms with Crippen LogP contribution in [0, 0.1) is 12.3 Å². The molecule has 1 heterocycles. The van der Waals surface area contributed by atoms with E-state index in [-0.39, 0.29) is 6.54 Å². The Morgan fingerprint density at radius 2 is 2.10 bits per heavy atom. The number of rotatable bonds is 5. The number of thiazole rings is 1. The number of fused-ring (bicyclic) bond motifs is 1. The van der Waals surface area contributed by atoms with Crippen LogP contribution in [0.1, 0.15) is 22.8 Å². The lowest BCUT2D eigenvalue weighted by atomic mass is 10.2. The average molecular weight is 425 g/mol. The number of amides is 1. The first-order valence-corrected chi connectivity index (χ1v) is 9.98. The van der Waals surface area contributed by atoms with Gasteiger partial charge in [0.05, 0.1) is 28.9 Å². The molecule has 0 aliphatic heterocycles. The summed E-state index contributed by atoms with van der Waals surface area (Å²) in [5.41, 5.74) is 1.96. The third kappa shape index (κ3) is 4.83. The molecule has 0 bridgehead atoms. The maximum absolute atomic E-state index is 12.4. The molecule has 0 saturated heterocycles. The zero-order valence-electron chi connectivity index (χ0n) is 15.6. The number of ether oxygens (including phenoxy) is 1. The molecule has 0 N–H and O–H groups in total. The van der Waals surface area contributed by atoms with Crippen molar-refractivity contribution in [2.24, 2.45) is 4.99 Å². The molecule has 1 amide bonds. The molecule has 0 aliphatic carbocycles. The highest BCUT2D eigenvalue weighted by molar-refractivity contribution is 7.16. The number of benzene rings is 2. The van der Waals surface area contributed by atoms with Crippen LogP contribution in [-0.4, -0.2) is 23.1 Å². The van der Waals surface area contributed by atoms with Crippen molar-refractivity contribution in [1.82, 2.24) is 4.57 Å². The summed E-state index contributed by atoms with van der Waals surface area (Å²) in [6.45, 7) is 2.30. The van der Waals surface area contributed by atoms with Gasteiger partial charge in [-0.25, -0.2) is 4.79 Å². The molecular weight excluding hydrogens is 408 g/mol. The molecule has 5 nitrogen and oxygen atoms in total. The lowest BCUT2D eigenvalue weighted by Gasteiger charge is -2.03. The summed E-state index contributed by atoms with van der Waals surface area (Å²) >= 11 is 7.37. The molecule has 1 aromatic heterocycles. The van der Waals surface area contributed by atoms with Gasteiger partial charge in [0.1, 0.15) is 0 Å². The van der Waals surface area contributed by atoms with Crippen molar-refractivity contribution in [3.05, 3.63) is 69.5 Å². The number of terminal acetylenes is 1. The Hall–Kier alpha value is -3.14. The van der Waals surface area contributed by atoms with Gasteiger partial charge in [0.15, 0.2) is 4.80 Å². The number of hydrogen-bond donors (Lipinski definition) is 0. The van der Waals surface area contributed by atoms with E-state index in [1.807, 2.05) is 12.1 Å². The minimum Gasteiger partial charge on any atom is -0.462 e. The van der Waals surface area contributed by atoms with Gasteiger partial charge in [0, 0.05) is 11.1 Å². The number of halogens is 1. The van der Waals surface area contributed by atoms with Gasteiger partial charge in [0.25, 0.3) is 5.91 Å². The molecular formula is C22H17ClN2O3S. The molecule has 0 spiro atoms. The van der Waals surface area contributed by atoms with Crippen molar-refractivity contribution in [3.63, 3.8) is 0 Å². The first-order valence-electron chi connectivity index (χ1n) is 8.78.